The summed E-state index contributed by atoms with van der Waals surface area (Å²) in [5.74, 6) is 0.888. The molecule has 0 aliphatic carbocycles. The molecule has 1 rings (SSSR count). The minimum atomic E-state index is 0.888. The van der Waals surface area contributed by atoms with Gasteiger partial charge in [0, 0.05) is 6.20 Å². The van der Waals surface area contributed by atoms with E-state index in [0.717, 1.165) is 30.8 Å². The minimum absolute atomic E-state index is 0.888. The second-order valence-electron chi connectivity index (χ2n) is 2.86. The van der Waals surface area contributed by atoms with Gasteiger partial charge < -0.3 is 10.1 Å². The van der Waals surface area contributed by atoms with E-state index in [4.69, 9.17) is 4.74 Å². The van der Waals surface area contributed by atoms with Gasteiger partial charge in [-0.05, 0) is 38.6 Å². The highest BCUT2D eigenvalue weighted by Crippen LogP contribution is 2.15. The summed E-state index contributed by atoms with van der Waals surface area (Å²) < 4.78 is 5.19. The maximum absolute atomic E-state index is 5.19. The van der Waals surface area contributed by atoms with Gasteiger partial charge in [-0.1, -0.05) is 0 Å². The van der Waals surface area contributed by atoms with E-state index < -0.39 is 0 Å². The Morgan fingerprint density at radius 3 is 3.08 bits per heavy atom. The van der Waals surface area contributed by atoms with Crippen LogP contribution in [0, 0.1) is 0 Å². The molecule has 1 N–H and O–H groups in total. The molecule has 0 bridgehead atoms. The van der Waals surface area contributed by atoms with Crippen molar-refractivity contribution in [3.63, 3.8) is 0 Å². The third-order valence-electron chi connectivity index (χ3n) is 1.91. The molecule has 0 unspecified atom stereocenters. The van der Waals surface area contributed by atoms with Gasteiger partial charge in [-0.15, -0.1) is 0 Å². The summed E-state index contributed by atoms with van der Waals surface area (Å²) in [5.41, 5.74) is 1.04. The average molecular weight is 180 g/mol. The lowest BCUT2D eigenvalue weighted by Crippen LogP contribution is -2.09. The van der Waals surface area contributed by atoms with Crippen molar-refractivity contribution in [3.8, 4) is 5.75 Å². The van der Waals surface area contributed by atoms with Crippen LogP contribution in [0.5, 0.6) is 5.75 Å². The smallest absolute Gasteiger partial charge is 0.140 e. The van der Waals surface area contributed by atoms with Crippen LogP contribution in [0.1, 0.15) is 12.1 Å². The van der Waals surface area contributed by atoms with Crippen LogP contribution in [0.4, 0.5) is 0 Å². The summed E-state index contributed by atoms with van der Waals surface area (Å²) in [7, 11) is 3.63. The molecular weight excluding hydrogens is 164 g/mol. The van der Waals surface area contributed by atoms with Crippen molar-refractivity contribution in [2.24, 2.45) is 0 Å². The van der Waals surface area contributed by atoms with Crippen LogP contribution in [0.3, 0.4) is 0 Å². The molecular formula is C10H16N2O. The summed E-state index contributed by atoms with van der Waals surface area (Å²) >= 11 is 0. The van der Waals surface area contributed by atoms with E-state index >= 15 is 0 Å². The highest BCUT2D eigenvalue weighted by molar-refractivity contribution is 5.26. The van der Waals surface area contributed by atoms with Crippen LogP contribution in [0.15, 0.2) is 18.3 Å². The van der Waals surface area contributed by atoms with Crippen molar-refractivity contribution < 1.29 is 4.74 Å². The van der Waals surface area contributed by atoms with Crippen molar-refractivity contribution in [1.29, 1.82) is 0 Å². The molecule has 0 radical (unpaired) electrons. The summed E-state index contributed by atoms with van der Waals surface area (Å²) in [5, 5.41) is 3.11. The zero-order valence-electron chi connectivity index (χ0n) is 8.21. The Morgan fingerprint density at radius 1 is 1.54 bits per heavy atom. The fourth-order valence-corrected chi connectivity index (χ4v) is 1.23. The van der Waals surface area contributed by atoms with Gasteiger partial charge in [0.15, 0.2) is 0 Å². The van der Waals surface area contributed by atoms with Gasteiger partial charge >= 0.3 is 0 Å². The average Bonchev–Trinajstić information content (AvgIpc) is 2.19. The molecule has 72 valence electrons. The molecule has 1 aromatic heterocycles. The van der Waals surface area contributed by atoms with Gasteiger partial charge in [-0.25, -0.2) is 0 Å². The first-order valence-corrected chi connectivity index (χ1v) is 4.51. The van der Waals surface area contributed by atoms with Gasteiger partial charge in [-0.2, -0.15) is 0 Å². The summed E-state index contributed by atoms with van der Waals surface area (Å²) in [4.78, 5) is 4.27. The summed E-state index contributed by atoms with van der Waals surface area (Å²) in [6, 6.07) is 3.84. The predicted octanol–water partition coefficient (Wildman–Crippen LogP) is 1.24. The van der Waals surface area contributed by atoms with Gasteiger partial charge in [-0.3, -0.25) is 4.98 Å². The van der Waals surface area contributed by atoms with Crippen molar-refractivity contribution in [2.45, 2.75) is 12.8 Å². The highest BCUT2D eigenvalue weighted by Gasteiger charge is 2.01. The third kappa shape index (κ3) is 3.03. The molecule has 3 nitrogen and oxygen atoms in total. The molecule has 0 aliphatic heterocycles. The van der Waals surface area contributed by atoms with Crippen LogP contribution in [-0.4, -0.2) is 25.7 Å². The van der Waals surface area contributed by atoms with E-state index in [9.17, 15) is 0 Å². The zero-order valence-corrected chi connectivity index (χ0v) is 8.21. The number of methoxy groups -OCH3 is 1. The summed E-state index contributed by atoms with van der Waals surface area (Å²) in [6.45, 7) is 1.01. The SMILES string of the molecule is CNCCCc1ncccc1OC. The van der Waals surface area contributed by atoms with E-state index in [0.29, 0.717) is 0 Å². The number of rotatable bonds is 5. The number of ether oxygens (including phenoxy) is 1. The van der Waals surface area contributed by atoms with Crippen molar-refractivity contribution in [3.05, 3.63) is 24.0 Å². The standard InChI is InChI=1S/C10H16N2O/c1-11-7-3-5-9-10(13-2)6-4-8-12-9/h4,6,8,11H,3,5,7H2,1-2H3. The van der Waals surface area contributed by atoms with Crippen molar-refractivity contribution >= 4 is 0 Å². The second kappa shape index (κ2) is 5.54. The summed E-state index contributed by atoms with van der Waals surface area (Å²) in [6.07, 6.45) is 3.85. The fourth-order valence-electron chi connectivity index (χ4n) is 1.23. The molecule has 0 aliphatic rings. The molecule has 3 heteroatoms. The van der Waals surface area contributed by atoms with Crippen LogP contribution in [-0.2, 0) is 6.42 Å². The van der Waals surface area contributed by atoms with Gasteiger partial charge in [0.05, 0.1) is 12.8 Å². The Bertz CT molecular complexity index is 250. The Morgan fingerprint density at radius 2 is 2.38 bits per heavy atom. The predicted molar refractivity (Wildman–Crippen MR) is 53.0 cm³/mol. The lowest BCUT2D eigenvalue weighted by molar-refractivity contribution is 0.406. The van der Waals surface area contributed by atoms with E-state index in [2.05, 4.69) is 10.3 Å². The van der Waals surface area contributed by atoms with E-state index in [-0.39, 0.29) is 0 Å². The first kappa shape index (κ1) is 9.99. The highest BCUT2D eigenvalue weighted by atomic mass is 16.5. The number of hydrogen-bond donors (Lipinski definition) is 1. The molecule has 0 fully saturated rings. The Kier molecular flexibility index (Phi) is 4.26. The molecule has 13 heavy (non-hydrogen) atoms. The van der Waals surface area contributed by atoms with Crippen LogP contribution >= 0.6 is 0 Å². The zero-order chi connectivity index (χ0) is 9.52. The second-order valence-corrected chi connectivity index (χ2v) is 2.86. The maximum atomic E-state index is 5.19. The maximum Gasteiger partial charge on any atom is 0.140 e. The van der Waals surface area contributed by atoms with Gasteiger partial charge in [0.2, 0.25) is 0 Å². The molecule has 0 saturated carbocycles. The Balaban J connectivity index is 2.54. The number of nitrogens with one attached hydrogen (secondary N) is 1. The normalized spacial score (nSPS) is 10.0. The van der Waals surface area contributed by atoms with E-state index in [1.807, 2.05) is 19.2 Å². The molecule has 0 saturated heterocycles. The number of pyridine rings is 1. The number of aryl methyl sites for hydroxylation is 1. The lowest BCUT2D eigenvalue weighted by Gasteiger charge is -2.05. The number of hydrogen-bond acceptors (Lipinski definition) is 3. The van der Waals surface area contributed by atoms with Crippen LogP contribution in [0.25, 0.3) is 0 Å². The van der Waals surface area contributed by atoms with Gasteiger partial charge in [0.25, 0.3) is 0 Å². The van der Waals surface area contributed by atoms with Crippen LogP contribution in [0.2, 0.25) is 0 Å². The van der Waals surface area contributed by atoms with Crippen molar-refractivity contribution in [2.75, 3.05) is 20.7 Å². The monoisotopic (exact) mass is 180 g/mol. The number of aromatic nitrogens is 1. The fraction of sp³-hybridized carbons (Fsp3) is 0.500. The Hall–Kier alpha value is -1.09. The third-order valence-corrected chi connectivity index (χ3v) is 1.91. The first-order valence-electron chi connectivity index (χ1n) is 4.51. The van der Waals surface area contributed by atoms with Gasteiger partial charge in [0.1, 0.15) is 5.75 Å². The first-order chi connectivity index (χ1) is 6.38. The molecule has 0 spiro atoms. The molecule has 1 heterocycles. The Labute approximate surface area is 79.1 Å². The lowest BCUT2D eigenvalue weighted by atomic mass is 10.2. The quantitative estimate of drug-likeness (QED) is 0.692. The van der Waals surface area contributed by atoms with E-state index in [1.165, 1.54) is 0 Å². The molecule has 0 atom stereocenters. The minimum Gasteiger partial charge on any atom is -0.495 e. The number of nitrogens with zero attached hydrogens (tertiary/aromatic N) is 1. The largest absolute Gasteiger partial charge is 0.495 e. The molecule has 0 amide bonds. The molecule has 0 aromatic carbocycles. The topological polar surface area (TPSA) is 34.2 Å². The molecule has 1 aromatic rings. The van der Waals surface area contributed by atoms with Crippen molar-refractivity contribution in [1.82, 2.24) is 10.3 Å². The van der Waals surface area contributed by atoms with E-state index in [1.54, 1.807) is 13.3 Å². The van der Waals surface area contributed by atoms with Crippen LogP contribution < -0.4 is 10.1 Å².